The number of nitrogens with one attached hydrogen (secondary N) is 1. The third kappa shape index (κ3) is 2.36. The summed E-state index contributed by atoms with van der Waals surface area (Å²) in [5, 5.41) is 3.67. The molecule has 0 spiro atoms. The summed E-state index contributed by atoms with van der Waals surface area (Å²) >= 11 is 0. The van der Waals surface area contributed by atoms with Crippen molar-refractivity contribution in [1.82, 2.24) is 5.32 Å². The van der Waals surface area contributed by atoms with Gasteiger partial charge in [-0.1, -0.05) is 0 Å². The summed E-state index contributed by atoms with van der Waals surface area (Å²) < 4.78 is 16.9. The van der Waals surface area contributed by atoms with Gasteiger partial charge < -0.3 is 19.2 Å². The highest BCUT2D eigenvalue weighted by Gasteiger charge is 2.17. The SMILES string of the molecule is CC(=O)NCCc1cc2c3c(ccc2o1)OCCO3. The van der Waals surface area contributed by atoms with Crippen molar-refractivity contribution < 1.29 is 18.7 Å². The highest BCUT2D eigenvalue weighted by molar-refractivity contribution is 5.87. The molecule has 1 aromatic heterocycles. The van der Waals surface area contributed by atoms with Crippen LogP contribution in [-0.2, 0) is 11.2 Å². The quantitative estimate of drug-likeness (QED) is 0.916. The van der Waals surface area contributed by atoms with Gasteiger partial charge in [-0.25, -0.2) is 0 Å². The van der Waals surface area contributed by atoms with Crippen LogP contribution in [0.4, 0.5) is 0 Å². The van der Waals surface area contributed by atoms with E-state index in [1.165, 1.54) is 6.92 Å². The van der Waals surface area contributed by atoms with Gasteiger partial charge in [-0.15, -0.1) is 0 Å². The zero-order valence-corrected chi connectivity index (χ0v) is 10.7. The maximum atomic E-state index is 10.8. The van der Waals surface area contributed by atoms with Crippen LogP contribution in [-0.4, -0.2) is 25.7 Å². The monoisotopic (exact) mass is 261 g/mol. The Morgan fingerprint density at radius 2 is 2.16 bits per heavy atom. The standard InChI is InChI=1S/C14H15NO4/c1-9(16)15-5-4-10-8-11-12(19-10)2-3-13-14(11)18-7-6-17-13/h2-3,8H,4-7H2,1H3,(H,15,16). The van der Waals surface area contributed by atoms with Crippen LogP contribution in [0.5, 0.6) is 11.5 Å². The smallest absolute Gasteiger partial charge is 0.216 e. The average Bonchev–Trinajstić information content (AvgIpc) is 2.81. The van der Waals surface area contributed by atoms with Crippen LogP contribution in [0.1, 0.15) is 12.7 Å². The van der Waals surface area contributed by atoms with Crippen LogP contribution in [0, 0.1) is 0 Å². The zero-order valence-electron chi connectivity index (χ0n) is 10.7. The minimum atomic E-state index is -0.0368. The van der Waals surface area contributed by atoms with Crippen LogP contribution < -0.4 is 14.8 Å². The second kappa shape index (κ2) is 4.84. The third-order valence-electron chi connectivity index (χ3n) is 3.00. The molecule has 3 rings (SSSR count). The number of ether oxygens (including phenoxy) is 2. The number of carbonyl (C=O) groups excluding carboxylic acids is 1. The van der Waals surface area contributed by atoms with Gasteiger partial charge in [0.1, 0.15) is 24.6 Å². The average molecular weight is 261 g/mol. The summed E-state index contributed by atoms with van der Waals surface area (Å²) in [5.41, 5.74) is 0.780. The first-order valence-electron chi connectivity index (χ1n) is 6.29. The predicted octanol–water partition coefficient (Wildman–Crippen LogP) is 1.88. The fourth-order valence-electron chi connectivity index (χ4n) is 2.16. The van der Waals surface area contributed by atoms with Crippen molar-refractivity contribution in [2.75, 3.05) is 19.8 Å². The molecule has 0 saturated carbocycles. The molecule has 2 heterocycles. The van der Waals surface area contributed by atoms with Crippen molar-refractivity contribution in [3.8, 4) is 11.5 Å². The van der Waals surface area contributed by atoms with E-state index in [1.807, 2.05) is 18.2 Å². The van der Waals surface area contributed by atoms with Crippen LogP contribution in [0.2, 0.25) is 0 Å². The Morgan fingerprint density at radius 3 is 3.00 bits per heavy atom. The van der Waals surface area contributed by atoms with E-state index < -0.39 is 0 Å². The van der Waals surface area contributed by atoms with E-state index >= 15 is 0 Å². The number of hydrogen-bond acceptors (Lipinski definition) is 4. The molecule has 1 amide bonds. The van der Waals surface area contributed by atoms with Gasteiger partial charge in [0.05, 0.1) is 5.39 Å². The van der Waals surface area contributed by atoms with Gasteiger partial charge in [0.25, 0.3) is 0 Å². The maximum Gasteiger partial charge on any atom is 0.216 e. The molecular weight excluding hydrogens is 246 g/mol. The number of amides is 1. The lowest BCUT2D eigenvalue weighted by Gasteiger charge is -2.18. The van der Waals surface area contributed by atoms with Gasteiger partial charge in [-0.3, -0.25) is 4.79 Å². The second-order valence-electron chi connectivity index (χ2n) is 4.45. The van der Waals surface area contributed by atoms with E-state index in [4.69, 9.17) is 13.9 Å². The molecule has 0 atom stereocenters. The maximum absolute atomic E-state index is 10.8. The van der Waals surface area contributed by atoms with Gasteiger partial charge >= 0.3 is 0 Å². The number of benzene rings is 1. The zero-order chi connectivity index (χ0) is 13.2. The molecule has 0 bridgehead atoms. The topological polar surface area (TPSA) is 60.7 Å². The largest absolute Gasteiger partial charge is 0.486 e. The van der Waals surface area contributed by atoms with Crippen molar-refractivity contribution in [2.45, 2.75) is 13.3 Å². The molecule has 5 nitrogen and oxygen atoms in total. The van der Waals surface area contributed by atoms with E-state index in [1.54, 1.807) is 0 Å². The Hall–Kier alpha value is -2.17. The fourth-order valence-corrected chi connectivity index (χ4v) is 2.16. The van der Waals surface area contributed by atoms with Crippen LogP contribution in [0.25, 0.3) is 11.0 Å². The van der Waals surface area contributed by atoms with Crippen LogP contribution in [0.3, 0.4) is 0 Å². The normalized spacial score (nSPS) is 13.5. The summed E-state index contributed by atoms with van der Waals surface area (Å²) in [5.74, 6) is 2.29. The number of furan rings is 1. The molecule has 0 saturated heterocycles. The van der Waals surface area contributed by atoms with Crippen LogP contribution in [0.15, 0.2) is 22.6 Å². The first-order valence-corrected chi connectivity index (χ1v) is 6.29. The Morgan fingerprint density at radius 1 is 1.32 bits per heavy atom. The van der Waals surface area contributed by atoms with Gasteiger partial charge in [0.15, 0.2) is 11.5 Å². The Balaban J connectivity index is 1.86. The molecule has 1 aromatic carbocycles. The van der Waals surface area contributed by atoms with E-state index in [-0.39, 0.29) is 5.91 Å². The fraction of sp³-hybridized carbons (Fsp3) is 0.357. The number of fused-ring (bicyclic) bond motifs is 3. The van der Waals surface area contributed by atoms with Gasteiger partial charge in [0.2, 0.25) is 5.91 Å². The second-order valence-corrected chi connectivity index (χ2v) is 4.45. The van der Waals surface area contributed by atoms with E-state index in [9.17, 15) is 4.79 Å². The van der Waals surface area contributed by atoms with Crippen molar-refractivity contribution >= 4 is 16.9 Å². The Labute approximate surface area is 110 Å². The highest BCUT2D eigenvalue weighted by Crippen LogP contribution is 2.39. The lowest BCUT2D eigenvalue weighted by molar-refractivity contribution is -0.118. The Kier molecular flexibility index (Phi) is 3.03. The molecule has 1 aliphatic rings. The summed E-state index contributed by atoms with van der Waals surface area (Å²) in [6.45, 7) is 3.19. The highest BCUT2D eigenvalue weighted by atomic mass is 16.6. The lowest BCUT2D eigenvalue weighted by atomic mass is 10.2. The van der Waals surface area contributed by atoms with E-state index in [0.29, 0.717) is 26.2 Å². The molecule has 1 N–H and O–H groups in total. The van der Waals surface area contributed by atoms with E-state index in [2.05, 4.69) is 5.32 Å². The Bertz CT molecular complexity index is 617. The first kappa shape index (κ1) is 11.9. The summed E-state index contributed by atoms with van der Waals surface area (Å²) in [4.78, 5) is 10.8. The molecule has 2 aromatic rings. The van der Waals surface area contributed by atoms with Crippen molar-refractivity contribution in [3.63, 3.8) is 0 Å². The summed E-state index contributed by atoms with van der Waals surface area (Å²) in [6, 6.07) is 5.69. The summed E-state index contributed by atoms with van der Waals surface area (Å²) in [6.07, 6.45) is 0.657. The van der Waals surface area contributed by atoms with Gasteiger partial charge in [-0.2, -0.15) is 0 Å². The first-order chi connectivity index (χ1) is 9.24. The van der Waals surface area contributed by atoms with E-state index in [0.717, 1.165) is 28.2 Å². The minimum Gasteiger partial charge on any atom is -0.486 e. The molecule has 100 valence electrons. The van der Waals surface area contributed by atoms with Crippen molar-refractivity contribution in [1.29, 1.82) is 0 Å². The molecular formula is C14H15NO4. The van der Waals surface area contributed by atoms with Crippen molar-refractivity contribution in [2.24, 2.45) is 0 Å². The molecule has 0 fully saturated rings. The minimum absolute atomic E-state index is 0.0368. The van der Waals surface area contributed by atoms with Crippen molar-refractivity contribution in [3.05, 3.63) is 24.0 Å². The molecule has 5 heteroatoms. The summed E-state index contributed by atoms with van der Waals surface area (Å²) in [7, 11) is 0. The number of carbonyl (C=O) groups is 1. The molecule has 1 aliphatic heterocycles. The predicted molar refractivity (Wildman–Crippen MR) is 69.6 cm³/mol. The number of rotatable bonds is 3. The van der Waals surface area contributed by atoms with Crippen LogP contribution >= 0.6 is 0 Å². The molecule has 0 radical (unpaired) electrons. The third-order valence-corrected chi connectivity index (χ3v) is 3.00. The van der Waals surface area contributed by atoms with Gasteiger partial charge in [-0.05, 0) is 18.2 Å². The van der Waals surface area contributed by atoms with Gasteiger partial charge in [0, 0.05) is 19.9 Å². The molecule has 0 unspecified atom stereocenters. The molecule has 19 heavy (non-hydrogen) atoms. The lowest BCUT2D eigenvalue weighted by Crippen LogP contribution is -2.22. The molecule has 0 aliphatic carbocycles. The number of hydrogen-bond donors (Lipinski definition) is 1.